The second-order valence-electron chi connectivity index (χ2n) is 4.05. The summed E-state index contributed by atoms with van der Waals surface area (Å²) in [6, 6.07) is 13.9. The number of nitrogens with two attached hydrogens (primary N) is 1. The Morgan fingerprint density at radius 2 is 2.00 bits per heavy atom. The van der Waals surface area contributed by atoms with Crippen LogP contribution in [0.25, 0.3) is 0 Å². The van der Waals surface area contributed by atoms with E-state index in [0.29, 0.717) is 12.3 Å². The summed E-state index contributed by atoms with van der Waals surface area (Å²) in [5.74, 6) is 0.784. The van der Waals surface area contributed by atoms with E-state index in [4.69, 9.17) is 10.5 Å². The number of ether oxygens (including phenoxy) is 1. The highest BCUT2D eigenvalue weighted by atomic mass is 32.2. The van der Waals surface area contributed by atoms with E-state index in [0.717, 1.165) is 17.1 Å². The Kier molecular flexibility index (Phi) is 4.58. The molecule has 19 heavy (non-hydrogen) atoms. The fraction of sp³-hybridized carbons (Fsp3) is 0.200. The highest BCUT2D eigenvalue weighted by Crippen LogP contribution is 2.30. The number of hydrogen-bond donors (Lipinski definition) is 2. The van der Waals surface area contributed by atoms with Crippen LogP contribution in [0.1, 0.15) is 6.92 Å². The third-order valence-corrected chi connectivity index (χ3v) is 3.42. The molecule has 0 radical (unpaired) electrons. The number of nitrogens with one attached hydrogen (secondary N) is 1. The molecule has 2 aromatic carbocycles. The van der Waals surface area contributed by atoms with Crippen LogP contribution in [0.5, 0.6) is 5.75 Å². The molecule has 3 nitrogen and oxygen atoms in total. The van der Waals surface area contributed by atoms with Crippen LogP contribution in [0.3, 0.4) is 0 Å². The number of nitrogen functional groups attached to an aromatic ring is 1. The summed E-state index contributed by atoms with van der Waals surface area (Å²) < 4.78 is 5.50. The fourth-order valence-electron chi connectivity index (χ4n) is 1.85. The van der Waals surface area contributed by atoms with E-state index in [1.54, 1.807) is 11.8 Å². The molecule has 0 heterocycles. The van der Waals surface area contributed by atoms with Gasteiger partial charge in [-0.3, -0.25) is 0 Å². The summed E-state index contributed by atoms with van der Waals surface area (Å²) in [7, 11) is 0. The van der Waals surface area contributed by atoms with Crippen LogP contribution in [-0.4, -0.2) is 12.9 Å². The van der Waals surface area contributed by atoms with Crippen LogP contribution in [0.15, 0.2) is 47.4 Å². The van der Waals surface area contributed by atoms with Crippen LogP contribution >= 0.6 is 11.8 Å². The zero-order valence-electron chi connectivity index (χ0n) is 11.1. The molecule has 0 aliphatic carbocycles. The summed E-state index contributed by atoms with van der Waals surface area (Å²) in [4.78, 5) is 1.20. The zero-order chi connectivity index (χ0) is 13.7. The van der Waals surface area contributed by atoms with E-state index in [1.807, 2.05) is 37.3 Å². The highest BCUT2D eigenvalue weighted by Gasteiger charge is 2.03. The minimum Gasteiger partial charge on any atom is -0.494 e. The molecule has 0 saturated carbocycles. The average molecular weight is 274 g/mol. The Bertz CT molecular complexity index is 558. The lowest BCUT2D eigenvalue weighted by atomic mass is 10.2. The zero-order valence-corrected chi connectivity index (χ0v) is 12.0. The Hall–Kier alpha value is -1.81. The predicted molar refractivity (Wildman–Crippen MR) is 83.5 cm³/mol. The molecular weight excluding hydrogens is 256 g/mol. The quantitative estimate of drug-likeness (QED) is 0.635. The molecule has 0 aliphatic rings. The number of rotatable bonds is 5. The second kappa shape index (κ2) is 6.38. The third-order valence-electron chi connectivity index (χ3n) is 2.63. The maximum absolute atomic E-state index is 5.89. The van der Waals surface area contributed by atoms with Gasteiger partial charge >= 0.3 is 0 Å². The number of hydrogen-bond acceptors (Lipinski definition) is 4. The van der Waals surface area contributed by atoms with Gasteiger partial charge in [-0.25, -0.2) is 0 Å². The maximum atomic E-state index is 5.89. The first-order chi connectivity index (χ1) is 9.22. The average Bonchev–Trinajstić information content (AvgIpc) is 2.39. The molecule has 0 saturated heterocycles. The van der Waals surface area contributed by atoms with Crippen molar-refractivity contribution in [1.29, 1.82) is 0 Å². The predicted octanol–water partition coefficient (Wildman–Crippen LogP) is 4.13. The first-order valence-corrected chi connectivity index (χ1v) is 7.39. The number of para-hydroxylation sites is 1. The van der Waals surface area contributed by atoms with Crippen molar-refractivity contribution in [3.8, 4) is 5.75 Å². The molecular formula is C15H18N2OS. The van der Waals surface area contributed by atoms with Gasteiger partial charge < -0.3 is 15.8 Å². The smallest absolute Gasteiger partial charge is 0.123 e. The summed E-state index contributed by atoms with van der Waals surface area (Å²) in [5, 5.41) is 3.38. The van der Waals surface area contributed by atoms with Gasteiger partial charge in [0.15, 0.2) is 0 Å². The largest absolute Gasteiger partial charge is 0.494 e. The SMILES string of the molecule is CCOc1cc(N)cc(Nc2ccccc2SC)c1. The molecule has 4 heteroatoms. The minimum absolute atomic E-state index is 0.629. The van der Waals surface area contributed by atoms with E-state index in [9.17, 15) is 0 Å². The summed E-state index contributed by atoms with van der Waals surface area (Å²) in [6.07, 6.45) is 2.06. The Labute approximate surface area is 118 Å². The van der Waals surface area contributed by atoms with Crippen molar-refractivity contribution in [1.82, 2.24) is 0 Å². The van der Waals surface area contributed by atoms with E-state index in [-0.39, 0.29) is 0 Å². The first kappa shape index (κ1) is 13.6. The van der Waals surface area contributed by atoms with E-state index >= 15 is 0 Å². The van der Waals surface area contributed by atoms with E-state index in [1.165, 1.54) is 4.90 Å². The molecule has 100 valence electrons. The van der Waals surface area contributed by atoms with Crippen molar-refractivity contribution in [3.05, 3.63) is 42.5 Å². The Balaban J connectivity index is 2.27. The molecule has 0 fully saturated rings. The van der Waals surface area contributed by atoms with Crippen molar-refractivity contribution < 1.29 is 4.74 Å². The molecule has 0 aliphatic heterocycles. The Morgan fingerprint density at radius 3 is 2.74 bits per heavy atom. The molecule has 0 bridgehead atoms. The van der Waals surface area contributed by atoms with E-state index < -0.39 is 0 Å². The van der Waals surface area contributed by atoms with Crippen LogP contribution in [0, 0.1) is 0 Å². The van der Waals surface area contributed by atoms with Crippen molar-refractivity contribution in [3.63, 3.8) is 0 Å². The summed E-state index contributed by atoms with van der Waals surface area (Å²) >= 11 is 1.71. The Morgan fingerprint density at radius 1 is 1.21 bits per heavy atom. The molecule has 0 spiro atoms. The lowest BCUT2D eigenvalue weighted by Gasteiger charge is -2.12. The van der Waals surface area contributed by atoms with Crippen molar-refractivity contribution in [2.45, 2.75) is 11.8 Å². The maximum Gasteiger partial charge on any atom is 0.123 e. The normalized spacial score (nSPS) is 10.2. The van der Waals surface area contributed by atoms with Crippen LogP contribution < -0.4 is 15.8 Å². The van der Waals surface area contributed by atoms with Crippen LogP contribution in [0.4, 0.5) is 17.1 Å². The standard InChI is InChI=1S/C15H18N2OS/c1-3-18-13-9-11(16)8-12(10-13)17-14-6-4-5-7-15(14)19-2/h4-10,17H,3,16H2,1-2H3. The van der Waals surface area contributed by atoms with Gasteiger partial charge in [0.2, 0.25) is 0 Å². The van der Waals surface area contributed by atoms with Gasteiger partial charge in [0.05, 0.1) is 12.3 Å². The topological polar surface area (TPSA) is 47.3 Å². The minimum atomic E-state index is 0.629. The van der Waals surface area contributed by atoms with Gasteiger partial charge in [-0.05, 0) is 31.4 Å². The number of anilines is 3. The molecule has 0 unspecified atom stereocenters. The van der Waals surface area contributed by atoms with Crippen molar-refractivity contribution in [2.75, 3.05) is 23.9 Å². The van der Waals surface area contributed by atoms with Gasteiger partial charge in [-0.2, -0.15) is 0 Å². The molecule has 2 rings (SSSR count). The number of benzene rings is 2. The van der Waals surface area contributed by atoms with Crippen molar-refractivity contribution >= 4 is 28.8 Å². The summed E-state index contributed by atoms with van der Waals surface area (Å²) in [6.45, 7) is 2.59. The van der Waals surface area contributed by atoms with Gasteiger partial charge in [0.25, 0.3) is 0 Å². The summed E-state index contributed by atoms with van der Waals surface area (Å²) in [5.41, 5.74) is 8.59. The number of thioether (sulfide) groups is 1. The van der Waals surface area contributed by atoms with Crippen LogP contribution in [0.2, 0.25) is 0 Å². The monoisotopic (exact) mass is 274 g/mol. The first-order valence-electron chi connectivity index (χ1n) is 6.16. The van der Waals surface area contributed by atoms with E-state index in [2.05, 4.69) is 23.7 Å². The highest BCUT2D eigenvalue weighted by molar-refractivity contribution is 7.98. The molecule has 0 aromatic heterocycles. The third kappa shape index (κ3) is 3.58. The van der Waals surface area contributed by atoms with Gasteiger partial charge in [0.1, 0.15) is 5.75 Å². The van der Waals surface area contributed by atoms with Crippen LogP contribution in [-0.2, 0) is 0 Å². The fourth-order valence-corrected chi connectivity index (χ4v) is 2.40. The molecule has 0 atom stereocenters. The lowest BCUT2D eigenvalue weighted by molar-refractivity contribution is 0.340. The second-order valence-corrected chi connectivity index (χ2v) is 4.90. The molecule has 3 N–H and O–H groups in total. The van der Waals surface area contributed by atoms with Gasteiger partial charge in [-0.15, -0.1) is 11.8 Å². The molecule has 2 aromatic rings. The molecule has 0 amide bonds. The van der Waals surface area contributed by atoms with Gasteiger partial charge in [0, 0.05) is 28.4 Å². The van der Waals surface area contributed by atoms with Crippen molar-refractivity contribution in [2.24, 2.45) is 0 Å². The van der Waals surface area contributed by atoms with Gasteiger partial charge in [-0.1, -0.05) is 12.1 Å². The lowest BCUT2D eigenvalue weighted by Crippen LogP contribution is -1.97.